The van der Waals surface area contributed by atoms with E-state index in [1.807, 2.05) is 7.11 Å². The van der Waals surface area contributed by atoms with Crippen molar-refractivity contribution in [3.8, 4) is 0 Å². The fourth-order valence-electron chi connectivity index (χ4n) is 8.06. The first-order chi connectivity index (χ1) is 24.3. The molecule has 50 heavy (non-hydrogen) atoms. The third-order valence-electron chi connectivity index (χ3n) is 10.3. The van der Waals surface area contributed by atoms with Crippen LogP contribution in [0.4, 0.5) is 0 Å². The summed E-state index contributed by atoms with van der Waals surface area (Å²) in [4.78, 5) is 0. The first kappa shape index (κ1) is 36.2. The molecule has 3 nitrogen and oxygen atoms in total. The first-order valence-electron chi connectivity index (χ1n) is 18.0. The Morgan fingerprint density at radius 3 is 1.50 bits per heavy atom. The second-order valence-electron chi connectivity index (χ2n) is 14.4. The van der Waals surface area contributed by atoms with Crippen molar-refractivity contribution in [2.75, 3.05) is 13.7 Å². The SMILES string of the molecule is C=C1C[C@H](CCC(OC)[P+](c2ccccc2)(c2ccccc2)c2ccccc2)O[C@H]1CCO[Si](c1ccccc1)(c1ccccc1)C(C)(C)C. The lowest BCUT2D eigenvalue weighted by molar-refractivity contribution is 0.0286. The van der Waals surface area contributed by atoms with Gasteiger partial charge in [-0.05, 0) is 76.6 Å². The van der Waals surface area contributed by atoms with Crippen molar-refractivity contribution in [1.82, 2.24) is 0 Å². The lowest BCUT2D eigenvalue weighted by Crippen LogP contribution is -2.66. The fraction of sp³-hybridized carbons (Fsp3) is 0.289. The molecule has 5 aromatic rings. The molecule has 1 unspecified atom stereocenters. The van der Waals surface area contributed by atoms with Crippen LogP contribution < -0.4 is 26.3 Å². The molecule has 0 spiro atoms. The minimum absolute atomic E-state index is 0.0101. The van der Waals surface area contributed by atoms with Crippen LogP contribution in [0.15, 0.2) is 164 Å². The molecule has 6 rings (SSSR count). The molecule has 1 fully saturated rings. The molecule has 1 aliphatic rings. The van der Waals surface area contributed by atoms with Crippen molar-refractivity contribution in [1.29, 1.82) is 0 Å². The maximum Gasteiger partial charge on any atom is 0.261 e. The van der Waals surface area contributed by atoms with E-state index in [9.17, 15) is 0 Å². The minimum atomic E-state index is -2.61. The maximum absolute atomic E-state index is 7.22. The van der Waals surface area contributed by atoms with E-state index in [0.717, 1.165) is 25.7 Å². The van der Waals surface area contributed by atoms with Crippen LogP contribution in [0.1, 0.15) is 46.5 Å². The van der Waals surface area contributed by atoms with Gasteiger partial charge in [0.05, 0.1) is 12.2 Å². The van der Waals surface area contributed by atoms with Crippen molar-refractivity contribution in [2.24, 2.45) is 0 Å². The zero-order chi connectivity index (χ0) is 35.0. The molecule has 1 heterocycles. The molecule has 0 aromatic heterocycles. The van der Waals surface area contributed by atoms with Gasteiger partial charge < -0.3 is 13.9 Å². The van der Waals surface area contributed by atoms with Gasteiger partial charge in [-0.1, -0.05) is 143 Å². The summed E-state index contributed by atoms with van der Waals surface area (Å²) in [5, 5.41) is 6.54. The zero-order valence-corrected chi connectivity index (χ0v) is 32.0. The number of ether oxygens (including phenoxy) is 2. The van der Waals surface area contributed by atoms with Gasteiger partial charge in [0.1, 0.15) is 23.2 Å². The van der Waals surface area contributed by atoms with Gasteiger partial charge in [0.25, 0.3) is 8.32 Å². The average Bonchev–Trinajstić information content (AvgIpc) is 3.51. The minimum Gasteiger partial charge on any atom is -0.407 e. The molecule has 1 saturated heterocycles. The van der Waals surface area contributed by atoms with Crippen LogP contribution in [0.25, 0.3) is 0 Å². The third-order valence-corrected chi connectivity index (χ3v) is 20.1. The molecule has 0 saturated carbocycles. The molecule has 0 radical (unpaired) electrons. The Labute approximate surface area is 301 Å². The van der Waals surface area contributed by atoms with E-state index in [0.29, 0.717) is 6.61 Å². The number of hydrogen-bond donors (Lipinski definition) is 0. The van der Waals surface area contributed by atoms with Crippen LogP contribution in [-0.4, -0.2) is 40.1 Å². The van der Waals surface area contributed by atoms with Gasteiger partial charge in [0.15, 0.2) is 5.85 Å². The fourth-order valence-corrected chi connectivity index (χ4v) is 17.3. The van der Waals surface area contributed by atoms with Gasteiger partial charge >= 0.3 is 0 Å². The van der Waals surface area contributed by atoms with Crippen molar-refractivity contribution in [3.05, 3.63) is 164 Å². The summed E-state index contributed by atoms with van der Waals surface area (Å²) in [6.07, 6.45) is 3.53. The molecule has 1 aliphatic heterocycles. The highest BCUT2D eigenvalue weighted by Crippen LogP contribution is 2.61. The predicted molar refractivity (Wildman–Crippen MR) is 216 cm³/mol. The smallest absolute Gasteiger partial charge is 0.261 e. The molecule has 0 aliphatic carbocycles. The average molecular weight is 700 g/mol. The van der Waals surface area contributed by atoms with Crippen LogP contribution in [0.3, 0.4) is 0 Å². The van der Waals surface area contributed by atoms with Gasteiger partial charge in [0.2, 0.25) is 0 Å². The maximum atomic E-state index is 7.22. The molecule has 5 heteroatoms. The predicted octanol–water partition coefficient (Wildman–Crippen LogP) is 8.41. The summed E-state index contributed by atoms with van der Waals surface area (Å²) in [5.74, 6) is -0.0101. The van der Waals surface area contributed by atoms with E-state index >= 15 is 0 Å². The summed E-state index contributed by atoms with van der Waals surface area (Å²) in [5.41, 5.74) is 1.17. The van der Waals surface area contributed by atoms with Crippen LogP contribution in [0.2, 0.25) is 5.04 Å². The number of hydrogen-bond acceptors (Lipinski definition) is 3. The standard InChI is InChI=1S/C45H52O3PSi/c1-36-35-37(48-43(36)33-34-47-50(45(2,3)4,41-27-17-9-18-28-41)42-29-19-10-20-30-42)31-32-44(46-5)49(38-21-11-6-12-22-38,39-23-13-7-14-24-39)40-25-15-8-16-26-40/h6-30,37,43-44H,1,31-35H2,2-5H3/q+1/t37-,43-,44?/m0/s1. The van der Waals surface area contributed by atoms with E-state index in [2.05, 4.69) is 179 Å². The molecule has 0 amide bonds. The van der Waals surface area contributed by atoms with Crippen molar-refractivity contribution >= 4 is 41.9 Å². The number of methoxy groups -OCH3 is 1. The quantitative estimate of drug-likeness (QED) is 0.0662. The highest BCUT2D eigenvalue weighted by Gasteiger charge is 2.53. The van der Waals surface area contributed by atoms with E-state index in [-0.39, 0.29) is 23.1 Å². The Morgan fingerprint density at radius 1 is 0.680 bits per heavy atom. The van der Waals surface area contributed by atoms with Gasteiger partial charge in [-0.15, -0.1) is 0 Å². The second-order valence-corrected chi connectivity index (χ2v) is 22.3. The summed E-state index contributed by atoms with van der Waals surface area (Å²) in [7, 11) is -2.91. The van der Waals surface area contributed by atoms with Crippen LogP contribution in [0.5, 0.6) is 0 Å². The van der Waals surface area contributed by atoms with Crippen molar-refractivity contribution in [2.45, 2.75) is 69.5 Å². The number of rotatable bonds is 14. The third kappa shape index (κ3) is 7.24. The van der Waals surface area contributed by atoms with Gasteiger partial charge in [-0.3, -0.25) is 0 Å². The Bertz CT molecular complexity index is 1640. The molecule has 0 bridgehead atoms. The van der Waals surface area contributed by atoms with E-state index in [1.165, 1.54) is 31.9 Å². The lowest BCUT2D eigenvalue weighted by atomic mass is 10.0. The van der Waals surface area contributed by atoms with Crippen molar-refractivity contribution < 1.29 is 13.9 Å². The molecular weight excluding hydrogens is 648 g/mol. The molecule has 0 N–H and O–H groups in total. The Morgan fingerprint density at radius 2 is 1.10 bits per heavy atom. The first-order valence-corrected chi connectivity index (χ1v) is 21.7. The molecule has 5 aromatic carbocycles. The lowest BCUT2D eigenvalue weighted by Gasteiger charge is -2.43. The van der Waals surface area contributed by atoms with Crippen LogP contribution in [-0.2, 0) is 13.9 Å². The summed E-state index contributed by atoms with van der Waals surface area (Å²) < 4.78 is 20.6. The summed E-state index contributed by atoms with van der Waals surface area (Å²) >= 11 is 0. The highest BCUT2D eigenvalue weighted by molar-refractivity contribution is 7.96. The van der Waals surface area contributed by atoms with E-state index < -0.39 is 15.6 Å². The normalized spacial score (nSPS) is 17.5. The van der Waals surface area contributed by atoms with Crippen LogP contribution >= 0.6 is 7.26 Å². The van der Waals surface area contributed by atoms with Crippen molar-refractivity contribution in [3.63, 3.8) is 0 Å². The topological polar surface area (TPSA) is 27.7 Å². The highest BCUT2D eigenvalue weighted by atomic mass is 31.2. The largest absolute Gasteiger partial charge is 0.407 e. The molecule has 3 atom stereocenters. The molecular formula is C45H52O3PSi+. The van der Waals surface area contributed by atoms with Crippen LogP contribution in [0, 0.1) is 0 Å². The summed E-state index contributed by atoms with van der Waals surface area (Å²) in [6, 6.07) is 54.7. The monoisotopic (exact) mass is 699 g/mol. The Hall–Kier alpha value is -3.63. The van der Waals surface area contributed by atoms with Gasteiger partial charge in [-0.2, -0.15) is 0 Å². The second kappa shape index (κ2) is 16.1. The number of benzene rings is 5. The van der Waals surface area contributed by atoms with E-state index in [1.54, 1.807) is 0 Å². The van der Waals surface area contributed by atoms with Gasteiger partial charge in [-0.25, -0.2) is 0 Å². The Balaban J connectivity index is 1.21. The molecule has 258 valence electrons. The van der Waals surface area contributed by atoms with E-state index in [4.69, 9.17) is 13.9 Å². The Kier molecular flexibility index (Phi) is 11.7. The zero-order valence-electron chi connectivity index (χ0n) is 30.1. The summed E-state index contributed by atoms with van der Waals surface area (Å²) in [6.45, 7) is 12.1. The van der Waals surface area contributed by atoms with Gasteiger partial charge in [0, 0.05) is 20.1 Å².